The Morgan fingerprint density at radius 3 is 2.57 bits per heavy atom. The Labute approximate surface area is 141 Å². The number of benzene rings is 1. The van der Waals surface area contributed by atoms with E-state index in [0.29, 0.717) is 4.88 Å². The van der Waals surface area contributed by atoms with E-state index in [4.69, 9.17) is 0 Å². The number of aromatic nitrogens is 3. The first kappa shape index (κ1) is 14.4. The van der Waals surface area contributed by atoms with E-state index in [2.05, 4.69) is 47.3 Å². The number of rotatable bonds is 3. The summed E-state index contributed by atoms with van der Waals surface area (Å²) < 4.78 is 3.42. The number of nitrogens with zero attached hydrogens (tertiary/aromatic N) is 3. The van der Waals surface area contributed by atoms with Gasteiger partial charge in [-0.2, -0.15) is 5.10 Å². The summed E-state index contributed by atoms with van der Waals surface area (Å²) in [5.74, 6) is -0.139. The Morgan fingerprint density at radius 1 is 1.24 bits per heavy atom. The molecular formula is C13H8Br2N4OS. The first-order valence-electron chi connectivity index (χ1n) is 5.85. The Bertz CT molecular complexity index is 749. The third-order valence-corrected chi connectivity index (χ3v) is 5.93. The van der Waals surface area contributed by atoms with Crippen molar-refractivity contribution in [2.75, 3.05) is 5.32 Å². The van der Waals surface area contributed by atoms with Crippen molar-refractivity contribution >= 4 is 54.8 Å². The molecule has 0 spiro atoms. The van der Waals surface area contributed by atoms with Crippen LogP contribution >= 0.6 is 43.2 Å². The van der Waals surface area contributed by atoms with Gasteiger partial charge in [-0.3, -0.25) is 4.79 Å². The Morgan fingerprint density at radius 2 is 2.00 bits per heavy atom. The van der Waals surface area contributed by atoms with Gasteiger partial charge in [0.05, 0.1) is 14.4 Å². The molecule has 0 unspecified atom stereocenters. The van der Waals surface area contributed by atoms with Gasteiger partial charge in [-0.1, -0.05) is 0 Å². The van der Waals surface area contributed by atoms with Crippen LogP contribution < -0.4 is 5.32 Å². The lowest BCUT2D eigenvalue weighted by molar-refractivity contribution is 0.103. The number of carbonyl (C=O) groups is 1. The Hall–Kier alpha value is -1.51. The van der Waals surface area contributed by atoms with Crippen LogP contribution in [-0.4, -0.2) is 20.7 Å². The minimum atomic E-state index is -0.139. The molecule has 0 aliphatic heterocycles. The van der Waals surface area contributed by atoms with Gasteiger partial charge in [0.25, 0.3) is 5.91 Å². The van der Waals surface area contributed by atoms with Gasteiger partial charge in [0.1, 0.15) is 12.7 Å². The maximum absolute atomic E-state index is 12.1. The van der Waals surface area contributed by atoms with E-state index in [-0.39, 0.29) is 5.91 Å². The minimum Gasteiger partial charge on any atom is -0.321 e. The number of anilines is 1. The summed E-state index contributed by atoms with van der Waals surface area (Å²) in [6.07, 6.45) is 3.09. The molecule has 21 heavy (non-hydrogen) atoms. The average Bonchev–Trinajstić information content (AvgIpc) is 3.11. The van der Waals surface area contributed by atoms with Gasteiger partial charge in [-0.25, -0.2) is 9.67 Å². The maximum atomic E-state index is 12.1. The molecule has 3 aromatic rings. The fourth-order valence-corrected chi connectivity index (χ4v) is 3.62. The first-order chi connectivity index (χ1) is 10.1. The topological polar surface area (TPSA) is 59.8 Å². The summed E-state index contributed by atoms with van der Waals surface area (Å²) in [5, 5.41) is 6.90. The number of carbonyl (C=O) groups excluding carboxylic acids is 1. The van der Waals surface area contributed by atoms with Crippen molar-refractivity contribution in [1.82, 2.24) is 14.8 Å². The second-order valence-corrected chi connectivity index (χ2v) is 7.30. The zero-order chi connectivity index (χ0) is 14.8. The predicted molar refractivity (Wildman–Crippen MR) is 89.0 cm³/mol. The van der Waals surface area contributed by atoms with Crippen LogP contribution in [0.4, 0.5) is 5.69 Å². The molecule has 0 radical (unpaired) electrons. The highest BCUT2D eigenvalue weighted by Gasteiger charge is 2.12. The van der Waals surface area contributed by atoms with Crippen molar-refractivity contribution in [3.05, 3.63) is 56.1 Å². The van der Waals surface area contributed by atoms with Crippen molar-refractivity contribution < 1.29 is 4.79 Å². The normalized spacial score (nSPS) is 10.6. The van der Waals surface area contributed by atoms with Crippen molar-refractivity contribution in [2.24, 2.45) is 0 Å². The van der Waals surface area contributed by atoms with Crippen LogP contribution in [0.2, 0.25) is 0 Å². The van der Waals surface area contributed by atoms with Crippen LogP contribution in [0.1, 0.15) is 9.67 Å². The summed E-state index contributed by atoms with van der Waals surface area (Å²) in [5.41, 5.74) is 1.61. The number of hydrogen-bond acceptors (Lipinski definition) is 4. The smallest absolute Gasteiger partial charge is 0.265 e. The fraction of sp³-hybridized carbons (Fsp3) is 0. The molecular weight excluding hydrogens is 420 g/mol. The molecule has 1 amide bonds. The second kappa shape index (κ2) is 6.08. The molecule has 0 aliphatic rings. The molecule has 0 aliphatic carbocycles. The number of amides is 1. The molecule has 0 bridgehead atoms. The molecule has 1 N–H and O–H groups in total. The summed E-state index contributed by atoms with van der Waals surface area (Å²) in [4.78, 5) is 16.7. The predicted octanol–water partition coefficient (Wildman–Crippen LogP) is 4.11. The molecule has 3 rings (SSSR count). The van der Waals surface area contributed by atoms with Crippen LogP contribution in [0.15, 0.2) is 51.2 Å². The third-order valence-electron chi connectivity index (χ3n) is 2.68. The standard InChI is InChI=1S/C13H8Br2N4OS/c14-10-5-11(21-12(10)15)13(20)18-8-1-3-9(4-2-8)19-7-16-6-17-19/h1-7H,(H,18,20). The zero-order valence-corrected chi connectivity index (χ0v) is 14.4. The van der Waals surface area contributed by atoms with E-state index in [1.54, 1.807) is 17.1 Å². The lowest BCUT2D eigenvalue weighted by Gasteiger charge is -2.05. The number of hydrogen-bond donors (Lipinski definition) is 1. The molecule has 0 saturated carbocycles. The Kier molecular flexibility index (Phi) is 4.18. The molecule has 106 valence electrons. The number of thiophene rings is 1. The van der Waals surface area contributed by atoms with E-state index in [1.807, 2.05) is 24.3 Å². The fourth-order valence-electron chi connectivity index (χ4n) is 1.69. The summed E-state index contributed by atoms with van der Waals surface area (Å²) in [7, 11) is 0. The van der Waals surface area contributed by atoms with E-state index in [9.17, 15) is 4.79 Å². The van der Waals surface area contributed by atoms with Crippen LogP contribution in [0.3, 0.4) is 0 Å². The summed E-state index contributed by atoms with van der Waals surface area (Å²) in [6, 6.07) is 9.17. The highest BCUT2D eigenvalue weighted by Crippen LogP contribution is 2.32. The average molecular weight is 428 g/mol. The largest absolute Gasteiger partial charge is 0.321 e. The molecule has 0 atom stereocenters. The lowest BCUT2D eigenvalue weighted by atomic mass is 10.2. The molecule has 0 saturated heterocycles. The van der Waals surface area contributed by atoms with Crippen LogP contribution in [0, 0.1) is 0 Å². The van der Waals surface area contributed by atoms with Crippen LogP contribution in [0.5, 0.6) is 0 Å². The van der Waals surface area contributed by atoms with Gasteiger partial charge < -0.3 is 5.32 Å². The van der Waals surface area contributed by atoms with Gasteiger partial charge in [-0.05, 0) is 62.2 Å². The van der Waals surface area contributed by atoms with Gasteiger partial charge in [0.15, 0.2) is 0 Å². The van der Waals surface area contributed by atoms with E-state index >= 15 is 0 Å². The van der Waals surface area contributed by atoms with Gasteiger partial charge in [0, 0.05) is 10.2 Å². The first-order valence-corrected chi connectivity index (χ1v) is 8.25. The third kappa shape index (κ3) is 3.22. The molecule has 2 aromatic heterocycles. The monoisotopic (exact) mass is 426 g/mol. The number of halogens is 2. The van der Waals surface area contributed by atoms with Crippen LogP contribution in [-0.2, 0) is 0 Å². The highest BCUT2D eigenvalue weighted by atomic mass is 79.9. The van der Waals surface area contributed by atoms with E-state index in [1.165, 1.54) is 17.7 Å². The lowest BCUT2D eigenvalue weighted by Crippen LogP contribution is -2.10. The van der Waals surface area contributed by atoms with Crippen molar-refractivity contribution in [1.29, 1.82) is 0 Å². The molecule has 2 heterocycles. The van der Waals surface area contributed by atoms with E-state index in [0.717, 1.165) is 19.6 Å². The summed E-state index contributed by atoms with van der Waals surface area (Å²) >= 11 is 8.12. The minimum absolute atomic E-state index is 0.139. The molecule has 0 fully saturated rings. The van der Waals surface area contributed by atoms with Crippen molar-refractivity contribution in [2.45, 2.75) is 0 Å². The number of nitrogens with one attached hydrogen (secondary N) is 1. The van der Waals surface area contributed by atoms with Gasteiger partial charge >= 0.3 is 0 Å². The molecule has 5 nitrogen and oxygen atoms in total. The molecule has 8 heteroatoms. The molecule has 1 aromatic carbocycles. The van der Waals surface area contributed by atoms with Crippen molar-refractivity contribution in [3.8, 4) is 5.69 Å². The van der Waals surface area contributed by atoms with Gasteiger partial charge in [-0.15, -0.1) is 11.3 Å². The highest BCUT2D eigenvalue weighted by molar-refractivity contribution is 9.13. The summed E-state index contributed by atoms with van der Waals surface area (Å²) in [6.45, 7) is 0. The van der Waals surface area contributed by atoms with Gasteiger partial charge in [0.2, 0.25) is 0 Å². The van der Waals surface area contributed by atoms with E-state index < -0.39 is 0 Å². The second-order valence-electron chi connectivity index (χ2n) is 4.07. The Balaban J connectivity index is 1.74. The van der Waals surface area contributed by atoms with Crippen LogP contribution in [0.25, 0.3) is 5.69 Å². The SMILES string of the molecule is O=C(Nc1ccc(-n2cncn2)cc1)c1cc(Br)c(Br)s1. The quantitative estimate of drug-likeness (QED) is 0.684. The van der Waals surface area contributed by atoms with Crippen molar-refractivity contribution in [3.63, 3.8) is 0 Å². The maximum Gasteiger partial charge on any atom is 0.265 e. The zero-order valence-electron chi connectivity index (χ0n) is 10.5.